The van der Waals surface area contributed by atoms with Gasteiger partial charge in [-0.25, -0.2) is 4.39 Å². The molecule has 2 N–H and O–H groups in total. The van der Waals surface area contributed by atoms with Gasteiger partial charge < -0.3 is 10.6 Å². The van der Waals surface area contributed by atoms with Crippen LogP contribution in [0.3, 0.4) is 0 Å². The van der Waals surface area contributed by atoms with Crippen LogP contribution in [0.1, 0.15) is 23.7 Å². The number of thioether (sulfide) groups is 1. The van der Waals surface area contributed by atoms with Gasteiger partial charge in [-0.1, -0.05) is 41.9 Å². The molecule has 0 radical (unpaired) electrons. The second-order valence-electron chi connectivity index (χ2n) is 6.15. The summed E-state index contributed by atoms with van der Waals surface area (Å²) in [7, 11) is 0. The van der Waals surface area contributed by atoms with Crippen LogP contribution >= 0.6 is 35.8 Å². The van der Waals surface area contributed by atoms with Crippen LogP contribution in [0.4, 0.5) is 4.39 Å². The van der Waals surface area contributed by atoms with Crippen LogP contribution in [0, 0.1) is 5.82 Å². The normalized spacial score (nSPS) is 16.0. The minimum absolute atomic E-state index is 0. The second-order valence-corrected chi connectivity index (χ2v) is 7.73. The first-order valence-corrected chi connectivity index (χ1v) is 9.51. The molecule has 7 heteroatoms. The van der Waals surface area contributed by atoms with Gasteiger partial charge in [0, 0.05) is 24.0 Å². The zero-order valence-electron chi connectivity index (χ0n) is 14.1. The highest BCUT2D eigenvalue weighted by atomic mass is 35.5. The Morgan fingerprint density at radius 2 is 1.85 bits per heavy atom. The SMILES string of the molecule is Cl.NC1CCN(C(=O)C(Sc2ccc(F)c(Cl)c2)c2ccccc2)CC1. The van der Waals surface area contributed by atoms with Gasteiger partial charge in [-0.15, -0.1) is 24.2 Å². The zero-order valence-corrected chi connectivity index (χ0v) is 16.5. The Labute approximate surface area is 168 Å². The number of likely N-dealkylation sites (tertiary alicyclic amines) is 1. The number of rotatable bonds is 4. The van der Waals surface area contributed by atoms with Crippen molar-refractivity contribution in [2.45, 2.75) is 29.0 Å². The topological polar surface area (TPSA) is 46.3 Å². The largest absolute Gasteiger partial charge is 0.341 e. The molecule has 2 aromatic rings. The van der Waals surface area contributed by atoms with Crippen molar-refractivity contribution in [2.24, 2.45) is 5.73 Å². The quantitative estimate of drug-likeness (QED) is 0.738. The Morgan fingerprint density at radius 1 is 1.19 bits per heavy atom. The van der Waals surface area contributed by atoms with E-state index < -0.39 is 11.1 Å². The van der Waals surface area contributed by atoms with Crippen molar-refractivity contribution in [3.8, 4) is 0 Å². The maximum absolute atomic E-state index is 13.4. The number of carbonyl (C=O) groups is 1. The monoisotopic (exact) mass is 414 g/mol. The number of halogens is 3. The number of carbonyl (C=O) groups excluding carboxylic acids is 1. The van der Waals surface area contributed by atoms with E-state index in [0.29, 0.717) is 13.1 Å². The fraction of sp³-hybridized carbons (Fsp3) is 0.316. The third-order valence-electron chi connectivity index (χ3n) is 4.32. The number of nitrogens with two attached hydrogens (primary N) is 1. The van der Waals surface area contributed by atoms with E-state index in [0.717, 1.165) is 23.3 Å². The molecule has 1 fully saturated rings. The van der Waals surface area contributed by atoms with E-state index in [4.69, 9.17) is 17.3 Å². The molecule has 1 saturated heterocycles. The predicted molar refractivity (Wildman–Crippen MR) is 107 cm³/mol. The summed E-state index contributed by atoms with van der Waals surface area (Å²) in [4.78, 5) is 15.8. The third kappa shape index (κ3) is 5.13. The molecule has 0 bridgehead atoms. The van der Waals surface area contributed by atoms with Crippen molar-refractivity contribution in [3.05, 3.63) is 64.9 Å². The molecule has 1 aliphatic rings. The summed E-state index contributed by atoms with van der Waals surface area (Å²) >= 11 is 7.28. The zero-order chi connectivity index (χ0) is 17.8. The third-order valence-corrected chi connectivity index (χ3v) is 5.85. The Morgan fingerprint density at radius 3 is 2.46 bits per heavy atom. The summed E-state index contributed by atoms with van der Waals surface area (Å²) in [6.07, 6.45) is 1.64. The number of hydrogen-bond acceptors (Lipinski definition) is 3. The second kappa shape index (κ2) is 9.60. The highest BCUT2D eigenvalue weighted by Crippen LogP contribution is 2.38. The standard InChI is InChI=1S/C19H20ClFN2OS.ClH/c20-16-12-15(6-7-17(16)21)25-18(13-4-2-1-3-5-13)19(24)23-10-8-14(22)9-11-23;/h1-7,12,14,18H,8-11,22H2;1H. The fourth-order valence-electron chi connectivity index (χ4n) is 2.86. The van der Waals surface area contributed by atoms with Crippen molar-refractivity contribution in [3.63, 3.8) is 0 Å². The van der Waals surface area contributed by atoms with Gasteiger partial charge in [0.15, 0.2) is 0 Å². The number of nitrogens with zero attached hydrogens (tertiary/aromatic N) is 1. The molecule has 0 aromatic heterocycles. The molecule has 0 aliphatic carbocycles. The van der Waals surface area contributed by atoms with E-state index in [9.17, 15) is 9.18 Å². The van der Waals surface area contributed by atoms with Gasteiger partial charge in [-0.2, -0.15) is 0 Å². The van der Waals surface area contributed by atoms with Gasteiger partial charge in [-0.3, -0.25) is 4.79 Å². The molecule has 1 heterocycles. The Kier molecular flexibility index (Phi) is 7.77. The molecule has 0 saturated carbocycles. The molecule has 1 unspecified atom stereocenters. The van der Waals surface area contributed by atoms with Crippen LogP contribution < -0.4 is 5.73 Å². The van der Waals surface area contributed by atoms with Crippen molar-refractivity contribution in [1.82, 2.24) is 4.90 Å². The molecule has 1 atom stereocenters. The molecule has 1 amide bonds. The summed E-state index contributed by atoms with van der Waals surface area (Å²) in [5, 5.41) is -0.328. The maximum Gasteiger partial charge on any atom is 0.240 e. The van der Waals surface area contributed by atoms with Crippen LogP contribution in [0.25, 0.3) is 0 Å². The van der Waals surface area contributed by atoms with Gasteiger partial charge in [0.25, 0.3) is 0 Å². The summed E-state index contributed by atoms with van der Waals surface area (Å²) < 4.78 is 13.4. The highest BCUT2D eigenvalue weighted by Gasteiger charge is 2.29. The van der Waals surface area contributed by atoms with Crippen LogP contribution in [0.2, 0.25) is 5.02 Å². The van der Waals surface area contributed by atoms with Crippen LogP contribution in [-0.2, 0) is 4.79 Å². The first-order chi connectivity index (χ1) is 12.0. The van der Waals surface area contributed by atoms with Crippen LogP contribution in [0.5, 0.6) is 0 Å². The average molecular weight is 415 g/mol. The molecule has 26 heavy (non-hydrogen) atoms. The van der Waals surface area contributed by atoms with Crippen molar-refractivity contribution in [1.29, 1.82) is 0 Å². The Hall–Kier alpha value is -1.27. The minimum Gasteiger partial charge on any atom is -0.341 e. The Balaban J connectivity index is 0.00000243. The van der Waals surface area contributed by atoms with E-state index in [2.05, 4.69) is 0 Å². The molecular formula is C19H21Cl2FN2OS. The van der Waals surface area contributed by atoms with Crippen LogP contribution in [-0.4, -0.2) is 29.9 Å². The fourth-order valence-corrected chi connectivity index (χ4v) is 4.25. The van der Waals surface area contributed by atoms with E-state index in [1.165, 1.54) is 17.8 Å². The Bertz CT molecular complexity index is 740. The van der Waals surface area contributed by atoms with Crippen molar-refractivity contribution < 1.29 is 9.18 Å². The highest BCUT2D eigenvalue weighted by molar-refractivity contribution is 8.00. The number of amides is 1. The number of piperidine rings is 1. The molecule has 3 nitrogen and oxygen atoms in total. The first-order valence-electron chi connectivity index (χ1n) is 8.25. The molecule has 0 spiro atoms. The predicted octanol–water partition coefficient (Wildman–Crippen LogP) is 4.68. The first kappa shape index (κ1) is 21.0. The van der Waals surface area contributed by atoms with Gasteiger partial charge in [0.2, 0.25) is 5.91 Å². The van der Waals surface area contributed by atoms with E-state index in [1.807, 2.05) is 35.2 Å². The lowest BCUT2D eigenvalue weighted by molar-refractivity contribution is -0.131. The summed E-state index contributed by atoms with van der Waals surface area (Å²) in [5.41, 5.74) is 6.87. The lowest BCUT2D eigenvalue weighted by atomic mass is 10.0. The van der Waals surface area contributed by atoms with E-state index in [1.54, 1.807) is 12.1 Å². The molecule has 3 rings (SSSR count). The molecule has 1 aliphatic heterocycles. The lowest BCUT2D eigenvalue weighted by Gasteiger charge is -2.33. The summed E-state index contributed by atoms with van der Waals surface area (Å²) in [6, 6.07) is 14.4. The molecule has 2 aromatic carbocycles. The molecule has 140 valence electrons. The summed E-state index contributed by atoms with van der Waals surface area (Å²) in [5.74, 6) is -0.401. The lowest BCUT2D eigenvalue weighted by Crippen LogP contribution is -2.44. The van der Waals surface area contributed by atoms with Gasteiger partial charge >= 0.3 is 0 Å². The average Bonchev–Trinajstić information content (AvgIpc) is 2.63. The van der Waals surface area contributed by atoms with E-state index in [-0.39, 0.29) is 29.4 Å². The minimum atomic E-state index is -0.460. The van der Waals surface area contributed by atoms with Gasteiger partial charge in [-0.05, 0) is 36.6 Å². The maximum atomic E-state index is 13.4. The summed E-state index contributed by atoms with van der Waals surface area (Å²) in [6.45, 7) is 1.35. The number of benzene rings is 2. The van der Waals surface area contributed by atoms with Crippen molar-refractivity contribution >= 4 is 41.7 Å². The van der Waals surface area contributed by atoms with Gasteiger partial charge in [0.05, 0.1) is 5.02 Å². The smallest absolute Gasteiger partial charge is 0.240 e. The van der Waals surface area contributed by atoms with Gasteiger partial charge in [0.1, 0.15) is 11.1 Å². The molecular weight excluding hydrogens is 394 g/mol. The van der Waals surface area contributed by atoms with Crippen molar-refractivity contribution in [2.75, 3.05) is 13.1 Å². The van der Waals surface area contributed by atoms with Crippen LogP contribution in [0.15, 0.2) is 53.4 Å². The number of hydrogen-bond donors (Lipinski definition) is 1. The van der Waals surface area contributed by atoms with E-state index >= 15 is 0 Å².